The van der Waals surface area contributed by atoms with Gasteiger partial charge < -0.3 is 5.32 Å². The maximum Gasteiger partial charge on any atom is 0.0577 e. The Morgan fingerprint density at radius 1 is 1.19 bits per heavy atom. The molecule has 0 aliphatic heterocycles. The van der Waals surface area contributed by atoms with Gasteiger partial charge in [0.05, 0.1) is 11.7 Å². The number of aromatic nitrogens is 1. The second kappa shape index (κ2) is 6.71. The summed E-state index contributed by atoms with van der Waals surface area (Å²) in [5.41, 5.74) is 5.61. The predicted molar refractivity (Wildman–Crippen MR) is 90.5 cm³/mol. The van der Waals surface area contributed by atoms with Crippen LogP contribution in [0.3, 0.4) is 0 Å². The molecule has 2 aromatic rings. The molecule has 1 N–H and O–H groups in total. The Balaban J connectivity index is 1.80. The third-order valence-electron chi connectivity index (χ3n) is 4.16. The summed E-state index contributed by atoms with van der Waals surface area (Å²) in [6, 6.07) is 11.4. The first-order chi connectivity index (χ1) is 10.3. The highest BCUT2D eigenvalue weighted by Gasteiger charge is 2.15. The molecule has 3 rings (SSSR count). The second-order valence-corrected chi connectivity index (χ2v) is 6.59. The van der Waals surface area contributed by atoms with Crippen LogP contribution < -0.4 is 5.32 Å². The quantitative estimate of drug-likeness (QED) is 0.877. The van der Waals surface area contributed by atoms with Gasteiger partial charge in [-0.25, -0.2) is 0 Å². The monoisotopic (exact) mass is 344 g/mol. The summed E-state index contributed by atoms with van der Waals surface area (Å²) in [7, 11) is 0. The van der Waals surface area contributed by atoms with Gasteiger partial charge in [0.1, 0.15) is 0 Å². The molecule has 110 valence electrons. The Hall–Kier alpha value is -1.19. The van der Waals surface area contributed by atoms with Crippen LogP contribution >= 0.6 is 15.9 Å². The number of rotatable bonds is 5. The van der Waals surface area contributed by atoms with Crippen LogP contribution in [0.4, 0.5) is 0 Å². The largest absolute Gasteiger partial charge is 0.309 e. The summed E-state index contributed by atoms with van der Waals surface area (Å²) in [5, 5.41) is 3.56. The fourth-order valence-electron chi connectivity index (χ4n) is 3.11. The summed E-state index contributed by atoms with van der Waals surface area (Å²) in [6.45, 7) is 3.10. The van der Waals surface area contributed by atoms with Crippen molar-refractivity contribution in [3.05, 3.63) is 63.4 Å². The Bertz CT molecular complexity index is 607. The van der Waals surface area contributed by atoms with Crippen LogP contribution in [0.25, 0.3) is 0 Å². The van der Waals surface area contributed by atoms with Gasteiger partial charge in [0.15, 0.2) is 0 Å². The summed E-state index contributed by atoms with van der Waals surface area (Å²) < 4.78 is 1.03. The molecule has 21 heavy (non-hydrogen) atoms. The van der Waals surface area contributed by atoms with Gasteiger partial charge in [-0.1, -0.05) is 25.1 Å². The van der Waals surface area contributed by atoms with Crippen LogP contribution in [0.15, 0.2) is 41.0 Å². The first-order valence-electron chi connectivity index (χ1n) is 7.72. The van der Waals surface area contributed by atoms with Crippen LogP contribution in [-0.2, 0) is 19.3 Å². The summed E-state index contributed by atoms with van der Waals surface area (Å²) >= 11 is 3.45. The van der Waals surface area contributed by atoms with E-state index in [1.165, 1.54) is 24.8 Å². The van der Waals surface area contributed by atoms with Gasteiger partial charge in [-0.3, -0.25) is 4.98 Å². The van der Waals surface area contributed by atoms with Crippen molar-refractivity contribution in [2.24, 2.45) is 0 Å². The molecule has 1 aromatic heterocycles. The lowest BCUT2D eigenvalue weighted by Crippen LogP contribution is -2.23. The fraction of sp³-hybridized carbons (Fsp3) is 0.389. The van der Waals surface area contributed by atoms with Gasteiger partial charge in [0.2, 0.25) is 0 Å². The van der Waals surface area contributed by atoms with Gasteiger partial charge in [0.25, 0.3) is 0 Å². The van der Waals surface area contributed by atoms with Gasteiger partial charge >= 0.3 is 0 Å². The number of likely N-dealkylation sites (N-methyl/N-ethyl adjacent to an activating group) is 1. The summed E-state index contributed by atoms with van der Waals surface area (Å²) in [6.07, 6.45) is 6.67. The zero-order valence-corrected chi connectivity index (χ0v) is 14.0. The Kier molecular flexibility index (Phi) is 4.71. The highest BCUT2D eigenvalue weighted by Crippen LogP contribution is 2.25. The van der Waals surface area contributed by atoms with Crippen molar-refractivity contribution in [1.29, 1.82) is 0 Å². The van der Waals surface area contributed by atoms with Crippen molar-refractivity contribution in [1.82, 2.24) is 10.3 Å². The van der Waals surface area contributed by atoms with Crippen LogP contribution in [0, 0.1) is 0 Å². The number of fused-ring (bicyclic) bond motifs is 1. The van der Waals surface area contributed by atoms with Crippen LogP contribution in [0.5, 0.6) is 0 Å². The molecular weight excluding hydrogens is 324 g/mol. The molecule has 0 saturated carbocycles. The molecule has 1 aliphatic rings. The standard InChI is InChI=1S/C18H21BrN2/c1-2-20-18(17-9-8-16(19)12-21-17)11-13-6-7-14-4-3-5-15(14)10-13/h6-10,12,18,20H,2-5,11H2,1H3. The SMILES string of the molecule is CCNC(Cc1ccc2c(c1)CCC2)c1ccc(Br)cn1. The normalized spacial score (nSPS) is 15.0. The number of hydrogen-bond donors (Lipinski definition) is 1. The molecule has 2 nitrogen and oxygen atoms in total. The van der Waals surface area contributed by atoms with E-state index in [2.05, 4.69) is 63.5 Å². The maximum atomic E-state index is 4.56. The van der Waals surface area contributed by atoms with Crippen molar-refractivity contribution in [2.45, 2.75) is 38.6 Å². The summed E-state index contributed by atoms with van der Waals surface area (Å²) in [4.78, 5) is 4.56. The summed E-state index contributed by atoms with van der Waals surface area (Å²) in [5.74, 6) is 0. The lowest BCUT2D eigenvalue weighted by Gasteiger charge is -2.18. The molecule has 0 radical (unpaired) electrons. The minimum Gasteiger partial charge on any atom is -0.309 e. The van der Waals surface area contributed by atoms with E-state index < -0.39 is 0 Å². The molecule has 3 heteroatoms. The second-order valence-electron chi connectivity index (χ2n) is 5.67. The van der Waals surface area contributed by atoms with E-state index in [1.807, 2.05) is 6.20 Å². The molecule has 0 spiro atoms. The van der Waals surface area contributed by atoms with E-state index in [9.17, 15) is 0 Å². The van der Waals surface area contributed by atoms with Gasteiger partial charge in [-0.05, 0) is 77.0 Å². The lowest BCUT2D eigenvalue weighted by atomic mass is 9.99. The Morgan fingerprint density at radius 2 is 2.05 bits per heavy atom. The molecule has 0 saturated heterocycles. The molecule has 1 aromatic carbocycles. The average Bonchev–Trinajstić information content (AvgIpc) is 2.95. The molecule has 0 amide bonds. The van der Waals surface area contributed by atoms with Crippen LogP contribution in [0.2, 0.25) is 0 Å². The number of hydrogen-bond acceptors (Lipinski definition) is 2. The zero-order valence-electron chi connectivity index (χ0n) is 12.4. The Morgan fingerprint density at radius 3 is 2.81 bits per heavy atom. The molecular formula is C18H21BrN2. The number of halogens is 1. The van der Waals surface area contributed by atoms with Crippen molar-refractivity contribution in [2.75, 3.05) is 6.54 Å². The van der Waals surface area contributed by atoms with Crippen LogP contribution in [-0.4, -0.2) is 11.5 Å². The number of nitrogens with one attached hydrogen (secondary N) is 1. The molecule has 1 atom stereocenters. The van der Waals surface area contributed by atoms with E-state index in [0.717, 1.165) is 23.1 Å². The zero-order chi connectivity index (χ0) is 14.7. The minimum absolute atomic E-state index is 0.280. The minimum atomic E-state index is 0.280. The predicted octanol–water partition coefficient (Wildman–Crippen LogP) is 4.23. The molecule has 1 unspecified atom stereocenters. The third kappa shape index (κ3) is 3.53. The van der Waals surface area contributed by atoms with Crippen molar-refractivity contribution in [3.63, 3.8) is 0 Å². The highest BCUT2D eigenvalue weighted by atomic mass is 79.9. The lowest BCUT2D eigenvalue weighted by molar-refractivity contribution is 0.536. The first-order valence-corrected chi connectivity index (χ1v) is 8.51. The molecule has 1 aliphatic carbocycles. The number of nitrogens with zero attached hydrogens (tertiary/aromatic N) is 1. The number of benzene rings is 1. The number of pyridine rings is 1. The van der Waals surface area contributed by atoms with E-state index >= 15 is 0 Å². The molecule has 1 heterocycles. The smallest absolute Gasteiger partial charge is 0.0577 e. The van der Waals surface area contributed by atoms with Crippen molar-refractivity contribution < 1.29 is 0 Å². The van der Waals surface area contributed by atoms with Crippen molar-refractivity contribution in [3.8, 4) is 0 Å². The molecule has 0 fully saturated rings. The van der Waals surface area contributed by atoms with E-state index in [4.69, 9.17) is 0 Å². The van der Waals surface area contributed by atoms with Crippen molar-refractivity contribution >= 4 is 15.9 Å². The van der Waals surface area contributed by atoms with E-state index in [-0.39, 0.29) is 6.04 Å². The maximum absolute atomic E-state index is 4.56. The van der Waals surface area contributed by atoms with Gasteiger partial charge in [-0.15, -0.1) is 0 Å². The van der Waals surface area contributed by atoms with Gasteiger partial charge in [-0.2, -0.15) is 0 Å². The van der Waals surface area contributed by atoms with E-state index in [0.29, 0.717) is 0 Å². The topological polar surface area (TPSA) is 24.9 Å². The average molecular weight is 345 g/mol. The van der Waals surface area contributed by atoms with E-state index in [1.54, 1.807) is 11.1 Å². The van der Waals surface area contributed by atoms with Gasteiger partial charge in [0, 0.05) is 10.7 Å². The number of aryl methyl sites for hydroxylation is 2. The fourth-order valence-corrected chi connectivity index (χ4v) is 3.34. The first kappa shape index (κ1) is 14.7. The Labute approximate surface area is 135 Å². The molecule has 0 bridgehead atoms. The van der Waals surface area contributed by atoms with Crippen LogP contribution in [0.1, 0.15) is 41.8 Å². The third-order valence-corrected chi connectivity index (χ3v) is 4.63. The highest BCUT2D eigenvalue weighted by molar-refractivity contribution is 9.10.